The highest BCUT2D eigenvalue weighted by molar-refractivity contribution is 6.33. The van der Waals surface area contributed by atoms with Crippen LogP contribution >= 0.6 is 24.0 Å². The summed E-state index contributed by atoms with van der Waals surface area (Å²) < 4.78 is 0. The van der Waals surface area contributed by atoms with Crippen molar-refractivity contribution in [2.75, 3.05) is 11.9 Å². The van der Waals surface area contributed by atoms with Crippen molar-refractivity contribution >= 4 is 35.7 Å². The van der Waals surface area contributed by atoms with Crippen LogP contribution in [-0.2, 0) is 11.3 Å². The molecule has 0 saturated carbocycles. The molecule has 2 rings (SSSR count). The molecule has 0 bridgehead atoms. The van der Waals surface area contributed by atoms with Gasteiger partial charge in [0.05, 0.1) is 17.1 Å². The second kappa shape index (κ2) is 9.52. The van der Waals surface area contributed by atoms with Crippen LogP contribution in [0.5, 0.6) is 0 Å². The lowest BCUT2D eigenvalue weighted by atomic mass is 9.95. The fourth-order valence-electron chi connectivity index (χ4n) is 2.38. The Hall–Kier alpha value is -1.75. The Balaban J connectivity index is 0.00000288. The molecule has 0 radical (unpaired) electrons. The number of carboxylic acid groups (broad SMARTS) is 1. The van der Waals surface area contributed by atoms with E-state index in [-0.39, 0.29) is 31.3 Å². The van der Waals surface area contributed by atoms with Gasteiger partial charge >= 0.3 is 5.97 Å². The van der Waals surface area contributed by atoms with Gasteiger partial charge in [0.2, 0.25) is 0 Å². The summed E-state index contributed by atoms with van der Waals surface area (Å²) in [7, 11) is 0. The number of carboxylic acids is 1. The van der Waals surface area contributed by atoms with Gasteiger partial charge in [0.15, 0.2) is 0 Å². The van der Waals surface area contributed by atoms with E-state index >= 15 is 0 Å². The van der Waals surface area contributed by atoms with Crippen LogP contribution in [0, 0.1) is 6.92 Å². The van der Waals surface area contributed by atoms with Gasteiger partial charge in [0, 0.05) is 12.5 Å². The molecule has 0 aliphatic heterocycles. The normalized spacial score (nSPS) is 11.5. The molecule has 0 saturated heterocycles. The standard InChI is InChI=1S/C18H21ClN2O2.ClH/c1-12-2-4-13(5-3-12)11-21-17-8-14(6-7-16(17)19)15(10-20)9-18(22)23;/h2-8,15,21H,9-11,20H2,1H3,(H,22,23);1H/t15-;/m0./s1. The highest BCUT2D eigenvalue weighted by atomic mass is 35.5. The molecule has 130 valence electrons. The van der Waals surface area contributed by atoms with Gasteiger partial charge in [-0.3, -0.25) is 4.79 Å². The van der Waals surface area contributed by atoms with Gasteiger partial charge in [-0.1, -0.05) is 47.5 Å². The molecular formula is C18H22Cl2N2O2. The van der Waals surface area contributed by atoms with E-state index in [0.717, 1.165) is 16.8 Å². The third kappa shape index (κ3) is 5.71. The lowest BCUT2D eigenvalue weighted by Crippen LogP contribution is -2.16. The molecular weight excluding hydrogens is 347 g/mol. The van der Waals surface area contributed by atoms with Crippen molar-refractivity contribution in [3.63, 3.8) is 0 Å². The van der Waals surface area contributed by atoms with Crippen LogP contribution in [-0.4, -0.2) is 17.6 Å². The first-order chi connectivity index (χ1) is 11.0. The zero-order valence-electron chi connectivity index (χ0n) is 13.5. The fraction of sp³-hybridized carbons (Fsp3) is 0.278. The van der Waals surface area contributed by atoms with Gasteiger partial charge in [-0.25, -0.2) is 0 Å². The summed E-state index contributed by atoms with van der Waals surface area (Å²) in [4.78, 5) is 10.9. The van der Waals surface area contributed by atoms with Crippen LogP contribution in [0.4, 0.5) is 5.69 Å². The molecule has 0 heterocycles. The van der Waals surface area contributed by atoms with Crippen LogP contribution in [0.1, 0.15) is 29.0 Å². The Morgan fingerprint density at radius 2 is 1.92 bits per heavy atom. The maximum atomic E-state index is 10.9. The van der Waals surface area contributed by atoms with E-state index in [9.17, 15) is 4.79 Å². The molecule has 0 aliphatic carbocycles. The van der Waals surface area contributed by atoms with Gasteiger partial charge in [-0.05, 0) is 36.7 Å². The molecule has 4 N–H and O–H groups in total. The van der Waals surface area contributed by atoms with Crippen molar-refractivity contribution in [2.24, 2.45) is 5.73 Å². The zero-order chi connectivity index (χ0) is 16.8. The van der Waals surface area contributed by atoms with E-state index in [1.807, 2.05) is 19.1 Å². The van der Waals surface area contributed by atoms with E-state index in [1.165, 1.54) is 5.56 Å². The predicted molar refractivity (Wildman–Crippen MR) is 101 cm³/mol. The van der Waals surface area contributed by atoms with Crippen LogP contribution in [0.25, 0.3) is 0 Å². The molecule has 0 amide bonds. The number of carbonyl (C=O) groups is 1. The van der Waals surface area contributed by atoms with Gasteiger partial charge in [0.25, 0.3) is 0 Å². The lowest BCUT2D eigenvalue weighted by molar-refractivity contribution is -0.137. The monoisotopic (exact) mass is 368 g/mol. The maximum absolute atomic E-state index is 10.9. The van der Waals surface area contributed by atoms with Crippen molar-refractivity contribution in [1.82, 2.24) is 0 Å². The van der Waals surface area contributed by atoms with Crippen molar-refractivity contribution in [2.45, 2.75) is 25.8 Å². The van der Waals surface area contributed by atoms with E-state index < -0.39 is 5.97 Å². The first-order valence-electron chi connectivity index (χ1n) is 7.50. The topological polar surface area (TPSA) is 75.3 Å². The summed E-state index contributed by atoms with van der Waals surface area (Å²) in [6.07, 6.45) is 0.00946. The summed E-state index contributed by atoms with van der Waals surface area (Å²) in [5.41, 5.74) is 9.74. The molecule has 0 aliphatic rings. The Bertz CT molecular complexity index is 675. The molecule has 2 aromatic carbocycles. The van der Waals surface area contributed by atoms with E-state index in [2.05, 4.69) is 29.6 Å². The second-order valence-corrected chi connectivity index (χ2v) is 6.02. The van der Waals surface area contributed by atoms with Crippen molar-refractivity contribution in [1.29, 1.82) is 0 Å². The Morgan fingerprint density at radius 1 is 1.25 bits per heavy atom. The minimum Gasteiger partial charge on any atom is -0.481 e. The summed E-state index contributed by atoms with van der Waals surface area (Å²) in [5, 5.41) is 12.9. The van der Waals surface area contributed by atoms with E-state index in [1.54, 1.807) is 6.07 Å². The number of hydrogen-bond donors (Lipinski definition) is 3. The number of nitrogens with one attached hydrogen (secondary N) is 1. The molecule has 6 heteroatoms. The van der Waals surface area contributed by atoms with Crippen LogP contribution < -0.4 is 11.1 Å². The second-order valence-electron chi connectivity index (χ2n) is 5.61. The van der Waals surface area contributed by atoms with Crippen molar-refractivity contribution in [3.05, 3.63) is 64.2 Å². The fourth-order valence-corrected chi connectivity index (χ4v) is 2.57. The van der Waals surface area contributed by atoms with Crippen LogP contribution in [0.15, 0.2) is 42.5 Å². The number of nitrogens with two attached hydrogens (primary N) is 1. The maximum Gasteiger partial charge on any atom is 0.304 e. The molecule has 0 unspecified atom stereocenters. The molecule has 2 aromatic rings. The Morgan fingerprint density at radius 3 is 2.50 bits per heavy atom. The summed E-state index contributed by atoms with van der Waals surface area (Å²) in [5.74, 6) is -1.07. The third-order valence-electron chi connectivity index (χ3n) is 3.77. The molecule has 1 atom stereocenters. The number of aliphatic carboxylic acids is 1. The number of rotatable bonds is 7. The highest BCUT2D eigenvalue weighted by Gasteiger charge is 2.15. The lowest BCUT2D eigenvalue weighted by Gasteiger charge is -2.16. The van der Waals surface area contributed by atoms with Gasteiger partial charge in [-0.15, -0.1) is 12.4 Å². The van der Waals surface area contributed by atoms with Crippen LogP contribution in [0.2, 0.25) is 5.02 Å². The largest absolute Gasteiger partial charge is 0.481 e. The number of benzene rings is 2. The Kier molecular flexibility index (Phi) is 8.05. The quantitative estimate of drug-likeness (QED) is 0.684. The van der Waals surface area contributed by atoms with Gasteiger partial charge in [-0.2, -0.15) is 0 Å². The van der Waals surface area contributed by atoms with E-state index in [0.29, 0.717) is 11.6 Å². The SMILES string of the molecule is Cc1ccc(CNc2cc([C@H](CN)CC(=O)O)ccc2Cl)cc1.Cl. The minimum absolute atomic E-state index is 0. The van der Waals surface area contributed by atoms with Crippen LogP contribution in [0.3, 0.4) is 0 Å². The number of hydrogen-bond acceptors (Lipinski definition) is 3. The average Bonchev–Trinajstić information content (AvgIpc) is 2.53. The third-order valence-corrected chi connectivity index (χ3v) is 4.10. The van der Waals surface area contributed by atoms with Crippen molar-refractivity contribution < 1.29 is 9.90 Å². The average molecular weight is 369 g/mol. The molecule has 0 spiro atoms. The molecule has 0 fully saturated rings. The molecule has 4 nitrogen and oxygen atoms in total. The molecule has 0 aromatic heterocycles. The number of aryl methyl sites for hydroxylation is 1. The minimum atomic E-state index is -0.857. The smallest absolute Gasteiger partial charge is 0.304 e. The predicted octanol–water partition coefficient (Wildman–Crippen LogP) is 4.20. The van der Waals surface area contributed by atoms with E-state index in [4.69, 9.17) is 22.4 Å². The van der Waals surface area contributed by atoms with Gasteiger partial charge < -0.3 is 16.2 Å². The summed E-state index contributed by atoms with van der Waals surface area (Å²) >= 11 is 6.23. The number of halogens is 2. The summed E-state index contributed by atoms with van der Waals surface area (Å²) in [6, 6.07) is 13.7. The molecule has 24 heavy (non-hydrogen) atoms. The van der Waals surface area contributed by atoms with Gasteiger partial charge in [0.1, 0.15) is 0 Å². The zero-order valence-corrected chi connectivity index (χ0v) is 15.0. The summed E-state index contributed by atoms with van der Waals surface area (Å²) in [6.45, 7) is 2.98. The number of anilines is 1. The van der Waals surface area contributed by atoms with Crippen molar-refractivity contribution in [3.8, 4) is 0 Å². The highest BCUT2D eigenvalue weighted by Crippen LogP contribution is 2.28. The first kappa shape index (κ1) is 20.3. The first-order valence-corrected chi connectivity index (χ1v) is 7.88. The Labute approximate surface area is 153 Å².